The number of carboxylic acids is 1. The van der Waals surface area contributed by atoms with Gasteiger partial charge in [-0.1, -0.05) is 0 Å². The maximum absolute atomic E-state index is 12.1. The van der Waals surface area contributed by atoms with Crippen LogP contribution in [0, 0.1) is 0 Å². The van der Waals surface area contributed by atoms with Crippen LogP contribution in [0.1, 0.15) is 12.1 Å². The van der Waals surface area contributed by atoms with Crippen molar-refractivity contribution in [1.29, 1.82) is 0 Å². The number of aromatic amines is 1. The first-order chi connectivity index (χ1) is 10.9. The predicted octanol–water partition coefficient (Wildman–Crippen LogP) is -1.28. The molecule has 9 nitrogen and oxygen atoms in total. The van der Waals surface area contributed by atoms with E-state index >= 15 is 0 Å². The van der Waals surface area contributed by atoms with Crippen LogP contribution in [-0.4, -0.2) is 63.5 Å². The molecule has 128 valence electrons. The summed E-state index contributed by atoms with van der Waals surface area (Å²) >= 11 is 1.57. The summed E-state index contributed by atoms with van der Waals surface area (Å²) in [5, 5.41) is 13.4. The zero-order valence-electron chi connectivity index (χ0n) is 12.7. The Bertz CT molecular complexity index is 522. The molecule has 0 spiro atoms. The Balaban J connectivity index is 2.68. The highest BCUT2D eigenvalue weighted by Crippen LogP contribution is 2.02. The minimum Gasteiger partial charge on any atom is -0.480 e. The molecular formula is C13H21N5O4S. The number of amides is 2. The summed E-state index contributed by atoms with van der Waals surface area (Å²) in [5.74, 6) is -1.48. The number of nitrogens with two attached hydrogens (primary N) is 1. The fraction of sp³-hybridized carbons (Fsp3) is 0.538. The summed E-state index contributed by atoms with van der Waals surface area (Å²) in [6, 6.07) is -1.65. The molecule has 0 unspecified atom stereocenters. The van der Waals surface area contributed by atoms with Crippen LogP contribution in [0.25, 0.3) is 0 Å². The zero-order chi connectivity index (χ0) is 17.2. The van der Waals surface area contributed by atoms with Crippen molar-refractivity contribution in [2.75, 3.05) is 18.6 Å². The van der Waals surface area contributed by atoms with Gasteiger partial charge in [0, 0.05) is 18.3 Å². The molecule has 1 aromatic rings. The van der Waals surface area contributed by atoms with Gasteiger partial charge in [-0.05, 0) is 18.4 Å². The van der Waals surface area contributed by atoms with E-state index in [-0.39, 0.29) is 6.42 Å². The monoisotopic (exact) mass is 343 g/mol. The molecule has 0 bridgehead atoms. The molecule has 10 heteroatoms. The molecule has 0 radical (unpaired) electrons. The number of carbonyl (C=O) groups is 3. The van der Waals surface area contributed by atoms with Crippen LogP contribution in [0.2, 0.25) is 0 Å². The van der Waals surface area contributed by atoms with Crippen LogP contribution in [0.4, 0.5) is 0 Å². The molecule has 0 saturated carbocycles. The van der Waals surface area contributed by atoms with Crippen LogP contribution in [0.3, 0.4) is 0 Å². The van der Waals surface area contributed by atoms with Gasteiger partial charge in [0.2, 0.25) is 11.8 Å². The summed E-state index contributed by atoms with van der Waals surface area (Å²) in [7, 11) is 0. The number of carbonyl (C=O) groups excluding carboxylic acids is 2. The van der Waals surface area contributed by atoms with Crippen molar-refractivity contribution in [3.05, 3.63) is 18.2 Å². The summed E-state index contributed by atoms with van der Waals surface area (Å²) in [6.45, 7) is -0.521. The summed E-state index contributed by atoms with van der Waals surface area (Å²) in [5.41, 5.74) is 6.41. The zero-order valence-corrected chi connectivity index (χ0v) is 13.6. The number of thioether (sulfide) groups is 1. The van der Waals surface area contributed by atoms with E-state index in [1.54, 1.807) is 11.8 Å². The van der Waals surface area contributed by atoms with Crippen molar-refractivity contribution in [2.45, 2.75) is 24.9 Å². The van der Waals surface area contributed by atoms with E-state index in [0.29, 0.717) is 12.1 Å². The molecule has 0 aliphatic rings. The van der Waals surface area contributed by atoms with E-state index in [9.17, 15) is 14.4 Å². The maximum Gasteiger partial charge on any atom is 0.322 e. The van der Waals surface area contributed by atoms with Gasteiger partial charge in [-0.2, -0.15) is 11.8 Å². The largest absolute Gasteiger partial charge is 0.480 e. The second kappa shape index (κ2) is 9.85. The van der Waals surface area contributed by atoms with Crippen molar-refractivity contribution in [3.8, 4) is 0 Å². The summed E-state index contributed by atoms with van der Waals surface area (Å²) < 4.78 is 0. The molecule has 1 aromatic heterocycles. The van der Waals surface area contributed by atoms with Crippen LogP contribution in [0.5, 0.6) is 0 Å². The first-order valence-corrected chi connectivity index (χ1v) is 8.35. The van der Waals surface area contributed by atoms with E-state index in [2.05, 4.69) is 20.6 Å². The number of H-pyrrole nitrogens is 1. The highest BCUT2D eigenvalue weighted by Gasteiger charge is 2.24. The molecule has 23 heavy (non-hydrogen) atoms. The third-order valence-electron chi connectivity index (χ3n) is 3.00. The molecular weight excluding hydrogens is 322 g/mol. The van der Waals surface area contributed by atoms with Gasteiger partial charge in [0.05, 0.1) is 12.4 Å². The highest BCUT2D eigenvalue weighted by atomic mass is 32.2. The van der Waals surface area contributed by atoms with Crippen molar-refractivity contribution in [1.82, 2.24) is 20.6 Å². The summed E-state index contributed by atoms with van der Waals surface area (Å²) in [4.78, 5) is 41.4. The van der Waals surface area contributed by atoms with Gasteiger partial charge in [0.25, 0.3) is 0 Å². The smallest absolute Gasteiger partial charge is 0.322 e. The number of aliphatic carboxylic acids is 1. The topological polar surface area (TPSA) is 150 Å². The average molecular weight is 343 g/mol. The second-order valence-corrected chi connectivity index (χ2v) is 5.83. The Kier molecular flexibility index (Phi) is 8.13. The molecule has 6 N–H and O–H groups in total. The van der Waals surface area contributed by atoms with Crippen molar-refractivity contribution in [2.24, 2.45) is 5.73 Å². The number of imidazole rings is 1. The molecule has 0 aliphatic heterocycles. The summed E-state index contributed by atoms with van der Waals surface area (Å²) in [6.07, 6.45) is 5.53. The lowest BCUT2D eigenvalue weighted by molar-refractivity contribution is -0.138. The van der Waals surface area contributed by atoms with Crippen molar-refractivity contribution in [3.63, 3.8) is 0 Å². The van der Waals surface area contributed by atoms with Gasteiger partial charge in [0.1, 0.15) is 12.6 Å². The lowest BCUT2D eigenvalue weighted by Crippen LogP contribution is -2.53. The van der Waals surface area contributed by atoms with Gasteiger partial charge in [-0.15, -0.1) is 0 Å². The number of carboxylic acid groups (broad SMARTS) is 1. The predicted molar refractivity (Wildman–Crippen MR) is 85.8 cm³/mol. The molecule has 0 saturated heterocycles. The Morgan fingerprint density at radius 2 is 2.17 bits per heavy atom. The number of nitrogens with zero attached hydrogens (tertiary/aromatic N) is 1. The fourth-order valence-electron chi connectivity index (χ4n) is 1.77. The third kappa shape index (κ3) is 7.15. The maximum atomic E-state index is 12.1. The number of hydrogen-bond donors (Lipinski definition) is 5. The lowest BCUT2D eigenvalue weighted by atomic mass is 10.1. The van der Waals surface area contributed by atoms with Crippen LogP contribution in [0.15, 0.2) is 12.5 Å². The minimum absolute atomic E-state index is 0.159. The third-order valence-corrected chi connectivity index (χ3v) is 3.64. The molecule has 0 aromatic carbocycles. The normalized spacial score (nSPS) is 13.1. The van der Waals surface area contributed by atoms with E-state index in [0.717, 1.165) is 5.75 Å². The Labute approximate surface area is 137 Å². The van der Waals surface area contributed by atoms with E-state index in [1.807, 2.05) is 6.26 Å². The van der Waals surface area contributed by atoms with Gasteiger partial charge < -0.3 is 26.5 Å². The fourth-order valence-corrected chi connectivity index (χ4v) is 2.26. The van der Waals surface area contributed by atoms with Crippen molar-refractivity contribution < 1.29 is 19.5 Å². The van der Waals surface area contributed by atoms with Gasteiger partial charge in [-0.25, -0.2) is 4.98 Å². The quantitative estimate of drug-likeness (QED) is 0.355. The molecule has 1 heterocycles. The Morgan fingerprint density at radius 1 is 1.43 bits per heavy atom. The van der Waals surface area contributed by atoms with Gasteiger partial charge in [0.15, 0.2) is 0 Å². The molecule has 2 amide bonds. The number of nitrogens with one attached hydrogen (secondary N) is 3. The van der Waals surface area contributed by atoms with Crippen LogP contribution >= 0.6 is 11.8 Å². The van der Waals surface area contributed by atoms with Crippen LogP contribution in [-0.2, 0) is 20.8 Å². The Morgan fingerprint density at radius 3 is 2.74 bits per heavy atom. The van der Waals surface area contributed by atoms with Crippen molar-refractivity contribution >= 4 is 29.5 Å². The SMILES string of the molecule is CSCC[C@H](N)C(=O)N[C@@H](Cc1cnc[nH]1)C(=O)NCC(=O)O. The first-order valence-electron chi connectivity index (χ1n) is 6.95. The van der Waals surface area contributed by atoms with E-state index in [4.69, 9.17) is 10.8 Å². The molecule has 0 aliphatic carbocycles. The standard InChI is InChI=1S/C13H21N5O4S/c1-23-3-2-9(14)12(21)18-10(4-8-5-15-7-17-8)13(22)16-6-11(19)20/h5,7,9-10H,2-4,6,14H2,1H3,(H,15,17)(H,16,22)(H,18,21)(H,19,20)/t9-,10-/m0/s1. The highest BCUT2D eigenvalue weighted by molar-refractivity contribution is 7.98. The minimum atomic E-state index is -1.17. The van der Waals surface area contributed by atoms with Gasteiger partial charge >= 0.3 is 5.97 Å². The molecule has 0 fully saturated rings. The average Bonchev–Trinajstić information content (AvgIpc) is 3.02. The first kappa shape index (κ1) is 19.0. The van der Waals surface area contributed by atoms with E-state index in [1.165, 1.54) is 12.5 Å². The van der Waals surface area contributed by atoms with Crippen LogP contribution < -0.4 is 16.4 Å². The second-order valence-electron chi connectivity index (χ2n) is 4.84. The number of aromatic nitrogens is 2. The lowest BCUT2D eigenvalue weighted by Gasteiger charge is -2.19. The molecule has 2 atom stereocenters. The molecule has 1 rings (SSSR count). The van der Waals surface area contributed by atoms with E-state index < -0.39 is 36.4 Å². The van der Waals surface area contributed by atoms with Gasteiger partial charge in [-0.3, -0.25) is 14.4 Å². The number of rotatable bonds is 10. The Hall–Kier alpha value is -2.07. The number of hydrogen-bond acceptors (Lipinski definition) is 6.